The van der Waals surface area contributed by atoms with E-state index in [-0.39, 0.29) is 29.4 Å². The lowest BCUT2D eigenvalue weighted by Crippen LogP contribution is -2.44. The summed E-state index contributed by atoms with van der Waals surface area (Å²) in [7, 11) is 0. The van der Waals surface area contributed by atoms with Crippen LogP contribution in [0.5, 0.6) is 5.75 Å². The second-order valence-electron chi connectivity index (χ2n) is 10.5. The number of alkyl halides is 3. The molecule has 9 heteroatoms. The maximum atomic E-state index is 14.9. The van der Waals surface area contributed by atoms with Crippen LogP contribution < -0.4 is 15.0 Å². The lowest BCUT2D eigenvalue weighted by Gasteiger charge is -2.34. The summed E-state index contributed by atoms with van der Waals surface area (Å²) in [6, 6.07) is 19.8. The van der Waals surface area contributed by atoms with Gasteiger partial charge in [-0.1, -0.05) is 30.3 Å². The van der Waals surface area contributed by atoms with Crippen LogP contribution in [0.3, 0.4) is 0 Å². The number of anilines is 1. The summed E-state index contributed by atoms with van der Waals surface area (Å²) >= 11 is 0. The summed E-state index contributed by atoms with van der Waals surface area (Å²) in [6.07, 6.45) is -1.70. The summed E-state index contributed by atoms with van der Waals surface area (Å²) < 4.78 is 59.2. The number of benzene rings is 3. The second-order valence-corrected chi connectivity index (χ2v) is 10.5. The van der Waals surface area contributed by atoms with Crippen molar-refractivity contribution in [2.24, 2.45) is 0 Å². The van der Waals surface area contributed by atoms with Crippen LogP contribution in [0.4, 0.5) is 23.2 Å². The van der Waals surface area contributed by atoms with Crippen molar-refractivity contribution in [2.45, 2.75) is 50.6 Å². The first-order valence-electron chi connectivity index (χ1n) is 13.7. The summed E-state index contributed by atoms with van der Waals surface area (Å²) in [5, 5.41) is 3.04. The standard InChI is InChI=1S/C31H33F4N3O2/c32-28-20-23(30(39)36-25-12-16-37(17-13-25)21-22-4-2-1-3-5-22)6-11-29(28)40-27-14-18-38(19-15-27)26-9-7-24(8-10-26)31(33,34)35/h1-11,20,25,27H,12-19,21H2,(H,36,39). The number of hydrogen-bond donors (Lipinski definition) is 1. The van der Waals surface area contributed by atoms with Gasteiger partial charge in [-0.3, -0.25) is 9.69 Å². The van der Waals surface area contributed by atoms with E-state index in [2.05, 4.69) is 22.3 Å². The predicted octanol–water partition coefficient (Wildman–Crippen LogP) is 6.29. The number of rotatable bonds is 7. The molecule has 1 amide bonds. The van der Waals surface area contributed by atoms with Crippen LogP contribution >= 0.6 is 0 Å². The number of likely N-dealkylation sites (tertiary alicyclic amines) is 1. The van der Waals surface area contributed by atoms with Crippen molar-refractivity contribution in [1.29, 1.82) is 0 Å². The zero-order valence-electron chi connectivity index (χ0n) is 22.2. The molecule has 0 atom stereocenters. The van der Waals surface area contributed by atoms with Gasteiger partial charge in [0.15, 0.2) is 11.6 Å². The fourth-order valence-electron chi connectivity index (χ4n) is 5.36. The minimum atomic E-state index is -4.36. The fourth-order valence-corrected chi connectivity index (χ4v) is 5.36. The molecule has 0 aromatic heterocycles. The third-order valence-electron chi connectivity index (χ3n) is 7.66. The molecule has 2 heterocycles. The zero-order valence-corrected chi connectivity index (χ0v) is 22.2. The Balaban J connectivity index is 1.07. The van der Waals surface area contributed by atoms with Gasteiger partial charge >= 0.3 is 6.18 Å². The summed E-state index contributed by atoms with van der Waals surface area (Å²) in [6.45, 7) is 3.84. The van der Waals surface area contributed by atoms with Crippen molar-refractivity contribution in [3.63, 3.8) is 0 Å². The lowest BCUT2D eigenvalue weighted by atomic mass is 10.0. The van der Waals surface area contributed by atoms with Gasteiger partial charge in [0.2, 0.25) is 0 Å². The third kappa shape index (κ3) is 7.13. The molecule has 5 nitrogen and oxygen atoms in total. The number of nitrogens with one attached hydrogen (secondary N) is 1. The SMILES string of the molecule is O=C(NC1CCN(Cc2ccccc2)CC1)c1ccc(OC2CCN(c3ccc(C(F)(F)F)cc3)CC2)c(F)c1. The van der Waals surface area contributed by atoms with Crippen LogP contribution in [0.15, 0.2) is 72.8 Å². The molecule has 0 radical (unpaired) electrons. The van der Waals surface area contributed by atoms with Gasteiger partial charge in [0.25, 0.3) is 5.91 Å². The zero-order chi connectivity index (χ0) is 28.1. The Hall–Kier alpha value is -3.59. The van der Waals surface area contributed by atoms with Crippen LogP contribution in [0.25, 0.3) is 0 Å². The highest BCUT2D eigenvalue weighted by atomic mass is 19.4. The first-order chi connectivity index (χ1) is 19.2. The molecule has 2 aliphatic heterocycles. The molecule has 1 N–H and O–H groups in total. The second kappa shape index (κ2) is 12.3. The molecule has 2 saturated heterocycles. The molecular weight excluding hydrogens is 522 g/mol. The van der Waals surface area contributed by atoms with Crippen molar-refractivity contribution in [3.05, 3.63) is 95.3 Å². The van der Waals surface area contributed by atoms with Gasteiger partial charge in [-0.25, -0.2) is 4.39 Å². The van der Waals surface area contributed by atoms with Crippen molar-refractivity contribution in [2.75, 3.05) is 31.1 Å². The average Bonchev–Trinajstić information content (AvgIpc) is 2.96. The molecule has 0 bridgehead atoms. The fraction of sp³-hybridized carbons (Fsp3) is 0.387. The van der Waals surface area contributed by atoms with E-state index in [1.165, 1.54) is 29.8 Å². The third-order valence-corrected chi connectivity index (χ3v) is 7.66. The minimum absolute atomic E-state index is 0.0494. The van der Waals surface area contributed by atoms with E-state index in [0.29, 0.717) is 25.9 Å². The number of carbonyl (C=O) groups excluding carboxylic acids is 1. The lowest BCUT2D eigenvalue weighted by molar-refractivity contribution is -0.137. The molecule has 0 aliphatic carbocycles. The van der Waals surface area contributed by atoms with Crippen molar-refractivity contribution < 1.29 is 27.1 Å². The molecule has 3 aromatic rings. The van der Waals surface area contributed by atoms with Gasteiger partial charge < -0.3 is 15.0 Å². The van der Waals surface area contributed by atoms with Crippen LogP contribution in [-0.2, 0) is 12.7 Å². The maximum absolute atomic E-state index is 14.9. The Kier molecular flexibility index (Phi) is 8.59. The van der Waals surface area contributed by atoms with Gasteiger partial charge in [-0.05, 0) is 60.9 Å². The quantitative estimate of drug-likeness (QED) is 0.348. The molecular formula is C31H33F4N3O2. The van der Waals surface area contributed by atoms with Gasteiger partial charge in [-0.15, -0.1) is 0 Å². The Labute approximate surface area is 231 Å². The highest BCUT2D eigenvalue weighted by molar-refractivity contribution is 5.94. The molecule has 2 fully saturated rings. The van der Waals surface area contributed by atoms with E-state index in [1.54, 1.807) is 6.07 Å². The Morgan fingerprint density at radius 2 is 1.55 bits per heavy atom. The monoisotopic (exact) mass is 555 g/mol. The molecule has 2 aliphatic rings. The topological polar surface area (TPSA) is 44.8 Å². The van der Waals surface area contributed by atoms with E-state index in [4.69, 9.17) is 4.74 Å². The van der Waals surface area contributed by atoms with Gasteiger partial charge in [0.05, 0.1) is 5.56 Å². The minimum Gasteiger partial charge on any atom is -0.487 e. The molecule has 212 valence electrons. The summed E-state index contributed by atoms with van der Waals surface area (Å²) in [5.74, 6) is -0.786. The predicted molar refractivity (Wildman–Crippen MR) is 146 cm³/mol. The number of ether oxygens (including phenoxy) is 1. The number of carbonyl (C=O) groups is 1. The number of piperidine rings is 2. The molecule has 0 spiro atoms. The Morgan fingerprint density at radius 3 is 2.17 bits per heavy atom. The number of halogens is 4. The highest BCUT2D eigenvalue weighted by Gasteiger charge is 2.30. The molecule has 5 rings (SSSR count). The van der Waals surface area contributed by atoms with Crippen molar-refractivity contribution >= 4 is 11.6 Å². The van der Waals surface area contributed by atoms with Crippen molar-refractivity contribution in [3.8, 4) is 5.75 Å². The Bertz CT molecular complexity index is 1270. The van der Waals surface area contributed by atoms with Gasteiger partial charge in [0.1, 0.15) is 6.10 Å². The summed E-state index contributed by atoms with van der Waals surface area (Å²) in [4.78, 5) is 17.2. The Morgan fingerprint density at radius 1 is 0.875 bits per heavy atom. The summed E-state index contributed by atoms with van der Waals surface area (Å²) in [5.41, 5.74) is 1.57. The van der Waals surface area contributed by atoms with E-state index >= 15 is 0 Å². The largest absolute Gasteiger partial charge is 0.487 e. The van der Waals surface area contributed by atoms with Gasteiger partial charge in [-0.2, -0.15) is 13.2 Å². The molecule has 0 saturated carbocycles. The van der Waals surface area contributed by atoms with E-state index in [1.807, 2.05) is 23.1 Å². The molecule has 3 aromatic carbocycles. The smallest absolute Gasteiger partial charge is 0.416 e. The number of hydrogen-bond acceptors (Lipinski definition) is 4. The normalized spacial score (nSPS) is 17.6. The van der Waals surface area contributed by atoms with E-state index in [9.17, 15) is 22.4 Å². The molecule has 40 heavy (non-hydrogen) atoms. The van der Waals surface area contributed by atoms with E-state index in [0.717, 1.165) is 50.3 Å². The first-order valence-corrected chi connectivity index (χ1v) is 13.7. The number of amides is 1. The van der Waals surface area contributed by atoms with Crippen LogP contribution in [0, 0.1) is 5.82 Å². The average molecular weight is 556 g/mol. The van der Waals surface area contributed by atoms with Gasteiger partial charge in [0, 0.05) is 62.9 Å². The van der Waals surface area contributed by atoms with E-state index < -0.39 is 17.6 Å². The first kappa shape index (κ1) is 28.0. The number of nitrogens with zero attached hydrogens (tertiary/aromatic N) is 2. The van der Waals surface area contributed by atoms with Crippen molar-refractivity contribution in [1.82, 2.24) is 10.2 Å². The van der Waals surface area contributed by atoms with Crippen LogP contribution in [0.1, 0.15) is 47.2 Å². The van der Waals surface area contributed by atoms with Crippen LogP contribution in [0.2, 0.25) is 0 Å². The molecule has 0 unspecified atom stereocenters. The van der Waals surface area contributed by atoms with Crippen LogP contribution in [-0.4, -0.2) is 49.1 Å². The highest BCUT2D eigenvalue weighted by Crippen LogP contribution is 2.31. The maximum Gasteiger partial charge on any atom is 0.416 e.